The molecule has 5 heteroatoms. The number of aryl methyl sites for hydroxylation is 1. The zero-order valence-corrected chi connectivity index (χ0v) is 11.2. The quantitative estimate of drug-likeness (QED) is 0.879. The van der Waals surface area contributed by atoms with Crippen molar-refractivity contribution in [1.82, 2.24) is 4.57 Å². The van der Waals surface area contributed by atoms with Crippen molar-refractivity contribution in [3.8, 4) is 0 Å². The van der Waals surface area contributed by atoms with Crippen molar-refractivity contribution in [3.63, 3.8) is 0 Å². The molecule has 0 aromatic carbocycles. The van der Waals surface area contributed by atoms with E-state index in [-0.39, 0.29) is 5.56 Å². The molecule has 0 spiro atoms. The predicted octanol–water partition coefficient (Wildman–Crippen LogP) is 3.75. The summed E-state index contributed by atoms with van der Waals surface area (Å²) in [7, 11) is 0. The molecule has 1 aromatic heterocycles. The predicted molar refractivity (Wildman–Crippen MR) is 64.4 cm³/mol. The Balaban J connectivity index is 3.00. The largest absolute Gasteiger partial charge is 0.418 e. The fourth-order valence-electron chi connectivity index (χ4n) is 2.01. The Kier molecular flexibility index (Phi) is 4.48. The molecule has 0 fully saturated rings. The second-order valence-corrected chi connectivity index (χ2v) is 5.10. The van der Waals surface area contributed by atoms with Gasteiger partial charge >= 0.3 is 6.18 Å². The van der Waals surface area contributed by atoms with Gasteiger partial charge < -0.3 is 9.67 Å². The number of rotatable bonds is 4. The highest BCUT2D eigenvalue weighted by Gasteiger charge is 2.41. The van der Waals surface area contributed by atoms with Gasteiger partial charge in [0.25, 0.3) is 0 Å². The summed E-state index contributed by atoms with van der Waals surface area (Å²) in [6.45, 7) is 8.21. The third-order valence-electron chi connectivity index (χ3n) is 3.15. The third-order valence-corrected chi connectivity index (χ3v) is 3.15. The van der Waals surface area contributed by atoms with E-state index in [0.717, 1.165) is 12.1 Å². The number of aliphatic hydroxyl groups is 1. The van der Waals surface area contributed by atoms with Crippen LogP contribution in [-0.4, -0.2) is 15.8 Å². The molecule has 0 bridgehead atoms. The first kappa shape index (κ1) is 15.1. The van der Waals surface area contributed by atoms with E-state index in [4.69, 9.17) is 0 Å². The minimum absolute atomic E-state index is 0.0382. The van der Waals surface area contributed by atoms with Crippen molar-refractivity contribution in [3.05, 3.63) is 23.0 Å². The third kappa shape index (κ3) is 3.28. The zero-order valence-electron chi connectivity index (χ0n) is 11.2. The van der Waals surface area contributed by atoms with Gasteiger partial charge in [-0.2, -0.15) is 13.2 Å². The molecule has 0 aliphatic carbocycles. The highest BCUT2D eigenvalue weighted by molar-refractivity contribution is 5.29. The summed E-state index contributed by atoms with van der Waals surface area (Å²) in [6, 6.07) is 1.42. The van der Waals surface area contributed by atoms with Crippen LogP contribution in [0.1, 0.15) is 43.3 Å². The number of alkyl halides is 3. The van der Waals surface area contributed by atoms with Gasteiger partial charge in [0.1, 0.15) is 0 Å². The average molecular weight is 263 g/mol. The van der Waals surface area contributed by atoms with Crippen LogP contribution in [0.2, 0.25) is 0 Å². The molecule has 0 aliphatic heterocycles. The first-order chi connectivity index (χ1) is 8.14. The van der Waals surface area contributed by atoms with Gasteiger partial charge in [-0.15, -0.1) is 0 Å². The molecular formula is C13H20F3NO. The van der Waals surface area contributed by atoms with Crippen molar-refractivity contribution in [1.29, 1.82) is 0 Å². The van der Waals surface area contributed by atoms with Crippen LogP contribution in [0.5, 0.6) is 0 Å². The van der Waals surface area contributed by atoms with Gasteiger partial charge in [0.15, 0.2) is 6.10 Å². The van der Waals surface area contributed by atoms with Crippen LogP contribution in [0, 0.1) is 19.8 Å². The zero-order chi connectivity index (χ0) is 14.1. The van der Waals surface area contributed by atoms with Gasteiger partial charge in [-0.3, -0.25) is 0 Å². The van der Waals surface area contributed by atoms with Gasteiger partial charge in [0.2, 0.25) is 0 Å². The van der Waals surface area contributed by atoms with Crippen molar-refractivity contribution in [2.75, 3.05) is 0 Å². The number of aliphatic hydroxyl groups excluding tert-OH is 1. The van der Waals surface area contributed by atoms with Crippen LogP contribution in [0.15, 0.2) is 6.07 Å². The Labute approximate surface area is 105 Å². The Morgan fingerprint density at radius 1 is 1.28 bits per heavy atom. The summed E-state index contributed by atoms with van der Waals surface area (Å²) in [5, 5.41) is 9.31. The number of nitrogens with zero attached hydrogens (tertiary/aromatic N) is 1. The first-order valence-corrected chi connectivity index (χ1v) is 6.06. The van der Waals surface area contributed by atoms with E-state index in [9.17, 15) is 18.3 Å². The molecule has 0 amide bonds. The monoisotopic (exact) mass is 263 g/mol. The van der Waals surface area contributed by atoms with Crippen LogP contribution in [0.4, 0.5) is 13.2 Å². The van der Waals surface area contributed by atoms with Gasteiger partial charge in [-0.1, -0.05) is 13.8 Å². The second-order valence-electron chi connectivity index (χ2n) is 5.10. The smallest absolute Gasteiger partial charge is 0.379 e. The summed E-state index contributed by atoms with van der Waals surface area (Å²) in [5.74, 6) is 0.488. The first-order valence-electron chi connectivity index (χ1n) is 6.06. The van der Waals surface area contributed by atoms with E-state index in [1.807, 2.05) is 4.57 Å². The number of hydrogen-bond acceptors (Lipinski definition) is 1. The molecule has 0 saturated carbocycles. The molecule has 1 heterocycles. The number of hydrogen-bond donors (Lipinski definition) is 1. The van der Waals surface area contributed by atoms with Gasteiger partial charge in [-0.25, -0.2) is 0 Å². The number of aromatic nitrogens is 1. The lowest BCUT2D eigenvalue weighted by molar-refractivity contribution is -0.206. The Morgan fingerprint density at radius 3 is 2.28 bits per heavy atom. The van der Waals surface area contributed by atoms with E-state index in [2.05, 4.69) is 13.8 Å². The molecule has 104 valence electrons. The maximum atomic E-state index is 12.5. The summed E-state index contributed by atoms with van der Waals surface area (Å²) < 4.78 is 39.4. The SMILES string of the molecule is Cc1cc([C@H](O)C(F)(F)F)c(C)n1CCC(C)C. The topological polar surface area (TPSA) is 25.2 Å². The Hall–Kier alpha value is -0.970. The summed E-state index contributed by atoms with van der Waals surface area (Å²) >= 11 is 0. The summed E-state index contributed by atoms with van der Waals surface area (Å²) in [4.78, 5) is 0. The molecule has 1 aromatic rings. The van der Waals surface area contributed by atoms with Gasteiger partial charge in [0.05, 0.1) is 0 Å². The van der Waals surface area contributed by atoms with Crippen LogP contribution in [0.3, 0.4) is 0 Å². The normalized spacial score (nSPS) is 14.3. The van der Waals surface area contributed by atoms with Crippen LogP contribution >= 0.6 is 0 Å². The fraction of sp³-hybridized carbons (Fsp3) is 0.692. The van der Waals surface area contributed by atoms with E-state index in [1.54, 1.807) is 13.8 Å². The lowest BCUT2D eigenvalue weighted by Gasteiger charge is -2.16. The van der Waals surface area contributed by atoms with Crippen molar-refractivity contribution in [2.24, 2.45) is 5.92 Å². The van der Waals surface area contributed by atoms with E-state index in [0.29, 0.717) is 18.2 Å². The van der Waals surface area contributed by atoms with Crippen molar-refractivity contribution < 1.29 is 18.3 Å². The van der Waals surface area contributed by atoms with E-state index in [1.165, 1.54) is 6.07 Å². The fourth-order valence-corrected chi connectivity index (χ4v) is 2.01. The summed E-state index contributed by atoms with van der Waals surface area (Å²) in [5.41, 5.74) is 1.22. The highest BCUT2D eigenvalue weighted by Crippen LogP contribution is 2.35. The molecule has 0 aliphatic rings. The molecule has 0 radical (unpaired) electrons. The van der Waals surface area contributed by atoms with Crippen LogP contribution < -0.4 is 0 Å². The van der Waals surface area contributed by atoms with E-state index >= 15 is 0 Å². The van der Waals surface area contributed by atoms with Gasteiger partial charge in [-0.05, 0) is 32.3 Å². The van der Waals surface area contributed by atoms with E-state index < -0.39 is 12.3 Å². The molecule has 2 nitrogen and oxygen atoms in total. The molecule has 1 N–H and O–H groups in total. The molecular weight excluding hydrogens is 243 g/mol. The molecule has 18 heavy (non-hydrogen) atoms. The van der Waals surface area contributed by atoms with Gasteiger partial charge in [0, 0.05) is 23.5 Å². The maximum absolute atomic E-state index is 12.5. The lowest BCUT2D eigenvalue weighted by Crippen LogP contribution is -2.20. The van der Waals surface area contributed by atoms with Crippen LogP contribution in [-0.2, 0) is 6.54 Å². The molecule has 0 unspecified atom stereocenters. The minimum Gasteiger partial charge on any atom is -0.379 e. The minimum atomic E-state index is -4.61. The Bertz CT molecular complexity index is 407. The van der Waals surface area contributed by atoms with Crippen LogP contribution in [0.25, 0.3) is 0 Å². The Morgan fingerprint density at radius 2 is 1.83 bits per heavy atom. The number of halogens is 3. The lowest BCUT2D eigenvalue weighted by atomic mass is 10.1. The molecule has 1 atom stereocenters. The highest BCUT2D eigenvalue weighted by atomic mass is 19.4. The second kappa shape index (κ2) is 5.34. The standard InChI is InChI=1S/C13H20F3NO/c1-8(2)5-6-17-9(3)7-11(10(17)4)12(18)13(14,15)16/h7-8,12,18H,5-6H2,1-4H3/t12-/m0/s1. The molecule has 0 saturated heterocycles. The average Bonchev–Trinajstić information content (AvgIpc) is 2.49. The van der Waals surface area contributed by atoms with Crippen molar-refractivity contribution >= 4 is 0 Å². The maximum Gasteiger partial charge on any atom is 0.418 e. The molecule has 1 rings (SSSR count). The van der Waals surface area contributed by atoms with Crippen molar-refractivity contribution in [2.45, 2.75) is 52.9 Å². The summed E-state index contributed by atoms with van der Waals surface area (Å²) in [6.07, 6.45) is -6.10.